The third kappa shape index (κ3) is 6.81. The van der Waals surface area contributed by atoms with Gasteiger partial charge in [0, 0.05) is 0 Å². The number of hydroxylamine groups is 2. The first-order valence-corrected chi connectivity index (χ1v) is 5.43. The second-order valence-corrected chi connectivity index (χ2v) is 6.13. The van der Waals surface area contributed by atoms with Crippen LogP contribution in [-0.4, -0.2) is 22.5 Å². The molecule has 0 saturated carbocycles. The van der Waals surface area contributed by atoms with Gasteiger partial charge in [-0.05, 0) is 27.7 Å². The molecule has 0 saturated heterocycles. The highest BCUT2D eigenvalue weighted by molar-refractivity contribution is 6.67. The fourth-order valence-corrected chi connectivity index (χ4v) is 1.33. The Morgan fingerprint density at radius 3 is 1.69 bits per heavy atom. The van der Waals surface area contributed by atoms with Gasteiger partial charge in [-0.15, -0.1) is 0 Å². The molecule has 0 aromatic carbocycles. The first-order chi connectivity index (χ1) is 5.74. The third-order valence-corrected chi connectivity index (χ3v) is 1.87. The molecule has 13 heavy (non-hydrogen) atoms. The second kappa shape index (κ2) is 5.62. The van der Waals surface area contributed by atoms with E-state index in [1.165, 1.54) is 0 Å². The number of hydrogen-bond donors (Lipinski definition) is 1. The molecule has 0 atom stereocenters. The third-order valence-electron chi connectivity index (χ3n) is 1.54. The van der Waals surface area contributed by atoms with Crippen molar-refractivity contribution in [2.24, 2.45) is 0 Å². The summed E-state index contributed by atoms with van der Waals surface area (Å²) in [5.74, 6) is 0. The zero-order valence-electron chi connectivity index (χ0n) is 8.40. The summed E-state index contributed by atoms with van der Waals surface area (Å²) < 4.78 is -1.32. The fraction of sp³-hybridized carbons (Fsp3) is 1.00. The lowest BCUT2D eigenvalue weighted by Crippen LogP contribution is -3.17. The fourth-order valence-electron chi connectivity index (χ4n) is 1.17. The summed E-state index contributed by atoms with van der Waals surface area (Å²) in [7, 11) is 0. The van der Waals surface area contributed by atoms with Gasteiger partial charge >= 0.3 is 0 Å². The lowest BCUT2D eigenvalue weighted by atomic mass is 10.3. The highest BCUT2D eigenvalue weighted by Crippen LogP contribution is 2.25. The average molecular weight is 250 g/mol. The van der Waals surface area contributed by atoms with Crippen molar-refractivity contribution in [1.29, 1.82) is 0 Å². The van der Waals surface area contributed by atoms with E-state index in [0.29, 0.717) is 12.1 Å². The Labute approximate surface area is 95.0 Å². The highest BCUT2D eigenvalue weighted by atomic mass is 35.6. The van der Waals surface area contributed by atoms with E-state index >= 15 is 0 Å². The largest absolute Gasteiger partial charge is 0.219 e. The molecule has 0 unspecified atom stereocenters. The molecule has 0 heterocycles. The summed E-state index contributed by atoms with van der Waals surface area (Å²) in [4.78, 5) is 5.45. The van der Waals surface area contributed by atoms with Gasteiger partial charge in [0.1, 0.15) is 12.1 Å². The van der Waals surface area contributed by atoms with E-state index in [-0.39, 0.29) is 6.61 Å². The molecule has 0 fully saturated rings. The summed E-state index contributed by atoms with van der Waals surface area (Å²) in [6.07, 6.45) is 0. The molecule has 80 valence electrons. The predicted molar refractivity (Wildman–Crippen MR) is 57.5 cm³/mol. The molecule has 1 N–H and O–H groups in total. The van der Waals surface area contributed by atoms with Gasteiger partial charge in [0.2, 0.25) is 3.79 Å². The van der Waals surface area contributed by atoms with Crippen molar-refractivity contribution >= 4 is 34.8 Å². The van der Waals surface area contributed by atoms with Gasteiger partial charge in [-0.3, -0.25) is 0 Å². The predicted octanol–water partition coefficient (Wildman–Crippen LogP) is 1.99. The van der Waals surface area contributed by atoms with Crippen LogP contribution < -0.4 is 5.06 Å². The van der Waals surface area contributed by atoms with Crippen molar-refractivity contribution in [2.45, 2.75) is 43.6 Å². The zero-order chi connectivity index (χ0) is 10.6. The van der Waals surface area contributed by atoms with Crippen LogP contribution >= 0.6 is 34.8 Å². The summed E-state index contributed by atoms with van der Waals surface area (Å²) in [6.45, 7) is 8.37. The smallest absolute Gasteiger partial charge is 0.200 e. The normalized spacial score (nSPS) is 13.4. The number of halogens is 3. The zero-order valence-corrected chi connectivity index (χ0v) is 10.7. The van der Waals surface area contributed by atoms with Crippen LogP contribution in [0.3, 0.4) is 0 Å². The lowest BCUT2D eigenvalue weighted by molar-refractivity contribution is -1.12. The van der Waals surface area contributed by atoms with Gasteiger partial charge in [0.15, 0.2) is 6.61 Å². The number of alkyl halides is 3. The minimum atomic E-state index is -1.32. The van der Waals surface area contributed by atoms with Gasteiger partial charge in [-0.2, -0.15) is 9.90 Å². The van der Waals surface area contributed by atoms with Gasteiger partial charge in [-0.25, -0.2) is 0 Å². The van der Waals surface area contributed by atoms with Gasteiger partial charge in [0.25, 0.3) is 0 Å². The van der Waals surface area contributed by atoms with Crippen LogP contribution in [0.4, 0.5) is 0 Å². The van der Waals surface area contributed by atoms with Crippen molar-refractivity contribution in [3.63, 3.8) is 0 Å². The van der Waals surface area contributed by atoms with Crippen molar-refractivity contribution in [3.8, 4) is 0 Å². The van der Waals surface area contributed by atoms with Gasteiger partial charge < -0.3 is 0 Å². The minimum absolute atomic E-state index is 0.114. The molecule has 0 aliphatic heterocycles. The number of rotatable bonds is 4. The Morgan fingerprint density at radius 2 is 1.46 bits per heavy atom. The van der Waals surface area contributed by atoms with Crippen LogP contribution in [0.15, 0.2) is 0 Å². The van der Waals surface area contributed by atoms with Gasteiger partial charge in [-0.1, -0.05) is 34.8 Å². The first kappa shape index (κ1) is 13.8. The van der Waals surface area contributed by atoms with E-state index in [4.69, 9.17) is 39.6 Å². The molecule has 0 amide bonds. The van der Waals surface area contributed by atoms with Gasteiger partial charge in [0.05, 0.1) is 0 Å². The van der Waals surface area contributed by atoms with E-state index < -0.39 is 3.79 Å². The molecule has 0 aliphatic carbocycles. The summed E-state index contributed by atoms with van der Waals surface area (Å²) in [5, 5.41) is 0.978. The van der Waals surface area contributed by atoms with E-state index in [0.717, 1.165) is 5.06 Å². The van der Waals surface area contributed by atoms with Crippen molar-refractivity contribution in [1.82, 2.24) is 0 Å². The Kier molecular flexibility index (Phi) is 5.96. The number of nitrogens with one attached hydrogen (secondary N) is 1. The van der Waals surface area contributed by atoms with Crippen LogP contribution in [0, 0.1) is 0 Å². The Hall–Kier alpha value is 0.790. The lowest BCUT2D eigenvalue weighted by Gasteiger charge is -2.26. The maximum atomic E-state index is 5.58. The van der Waals surface area contributed by atoms with Crippen molar-refractivity contribution in [3.05, 3.63) is 0 Å². The maximum Gasteiger partial charge on any atom is 0.219 e. The Morgan fingerprint density at radius 1 is 1.08 bits per heavy atom. The molecule has 2 nitrogen and oxygen atoms in total. The van der Waals surface area contributed by atoms with E-state index in [9.17, 15) is 0 Å². The standard InChI is InChI=1S/C8H16Cl3NO/c1-6(2)12(7(3)4)13-5-8(9,10)11/h6-7H,5H2,1-4H3/p+1. The monoisotopic (exact) mass is 248 g/mol. The molecule has 0 aromatic heterocycles. The number of quaternary nitrogens is 1. The topological polar surface area (TPSA) is 13.7 Å². The maximum absolute atomic E-state index is 5.58. The van der Waals surface area contributed by atoms with Crippen LogP contribution in [0.5, 0.6) is 0 Å². The summed E-state index contributed by atoms with van der Waals surface area (Å²) in [5.41, 5.74) is 0. The van der Waals surface area contributed by atoms with Crippen LogP contribution in [0.25, 0.3) is 0 Å². The average Bonchev–Trinajstić information content (AvgIpc) is 1.82. The van der Waals surface area contributed by atoms with E-state index in [1.54, 1.807) is 0 Å². The van der Waals surface area contributed by atoms with Crippen LogP contribution in [0.1, 0.15) is 27.7 Å². The summed E-state index contributed by atoms with van der Waals surface area (Å²) >= 11 is 16.7. The molecule has 0 aliphatic rings. The Bertz CT molecular complexity index is 137. The minimum Gasteiger partial charge on any atom is -0.200 e. The van der Waals surface area contributed by atoms with E-state index in [2.05, 4.69) is 27.7 Å². The van der Waals surface area contributed by atoms with Crippen molar-refractivity contribution < 1.29 is 9.90 Å². The molecular formula is C8H17Cl3NO+. The molecule has 0 rings (SSSR count). The van der Waals surface area contributed by atoms with Crippen molar-refractivity contribution in [2.75, 3.05) is 6.61 Å². The first-order valence-electron chi connectivity index (χ1n) is 4.30. The Balaban J connectivity index is 3.98. The second-order valence-electron chi connectivity index (χ2n) is 3.62. The highest BCUT2D eigenvalue weighted by Gasteiger charge is 2.26. The quantitative estimate of drug-likeness (QED) is 0.594. The molecule has 0 spiro atoms. The van der Waals surface area contributed by atoms with E-state index in [1.807, 2.05) is 0 Å². The molecule has 0 bridgehead atoms. The van der Waals surface area contributed by atoms with Crippen LogP contribution in [0.2, 0.25) is 0 Å². The molecular weight excluding hydrogens is 232 g/mol. The molecule has 5 heteroatoms. The molecule has 0 radical (unpaired) electrons. The molecule has 0 aromatic rings. The SMILES string of the molecule is CC(C)[NH+](OCC(Cl)(Cl)Cl)C(C)C. The van der Waals surface area contributed by atoms with Crippen LogP contribution in [-0.2, 0) is 4.84 Å². The number of hydrogen-bond acceptors (Lipinski definition) is 1. The summed E-state index contributed by atoms with van der Waals surface area (Å²) in [6, 6.07) is 0.708.